The fraction of sp³-hybridized carbons (Fsp3) is 0.333. The van der Waals surface area contributed by atoms with Crippen LogP contribution in [0, 0.1) is 6.92 Å². The first kappa shape index (κ1) is 18.0. The van der Waals surface area contributed by atoms with Crippen molar-refractivity contribution in [3.63, 3.8) is 0 Å². The van der Waals surface area contributed by atoms with E-state index in [1.165, 1.54) is 10.4 Å². The lowest BCUT2D eigenvalue weighted by molar-refractivity contribution is -0.120. The highest BCUT2D eigenvalue weighted by molar-refractivity contribution is 7.10. The van der Waals surface area contributed by atoms with Crippen LogP contribution >= 0.6 is 11.3 Å². The normalized spacial score (nSPS) is 10.3. The molecule has 0 spiro atoms. The zero-order chi connectivity index (χ0) is 17.5. The van der Waals surface area contributed by atoms with Gasteiger partial charge in [0.15, 0.2) is 0 Å². The number of nitrogens with zero attached hydrogens (tertiary/aromatic N) is 1. The number of amides is 3. The summed E-state index contributed by atoms with van der Waals surface area (Å²) >= 11 is 1.66. The smallest absolute Gasteiger partial charge is 0.321 e. The molecule has 0 saturated heterocycles. The molecule has 0 radical (unpaired) electrons. The van der Waals surface area contributed by atoms with Crippen LogP contribution in [0.5, 0.6) is 0 Å². The van der Waals surface area contributed by atoms with Crippen LogP contribution in [0.25, 0.3) is 0 Å². The molecule has 2 aromatic rings. The Labute approximate surface area is 146 Å². The Kier molecular flexibility index (Phi) is 6.37. The van der Waals surface area contributed by atoms with Crippen LogP contribution in [0.4, 0.5) is 10.5 Å². The van der Waals surface area contributed by atoms with E-state index in [1.807, 2.05) is 36.6 Å². The minimum Gasteiger partial charge on any atom is -0.359 e. The quantitative estimate of drug-likeness (QED) is 0.843. The van der Waals surface area contributed by atoms with Crippen LogP contribution in [0.15, 0.2) is 35.7 Å². The van der Waals surface area contributed by atoms with Gasteiger partial charge in [0.1, 0.15) is 0 Å². The van der Waals surface area contributed by atoms with Gasteiger partial charge in [0.05, 0.1) is 6.54 Å². The summed E-state index contributed by atoms with van der Waals surface area (Å²) in [6.07, 6.45) is 1.08. The van der Waals surface area contributed by atoms with Crippen molar-refractivity contribution in [2.75, 3.05) is 19.4 Å². The average Bonchev–Trinajstić information content (AvgIpc) is 2.97. The number of hydrogen-bond acceptors (Lipinski definition) is 3. The van der Waals surface area contributed by atoms with E-state index < -0.39 is 0 Å². The molecule has 128 valence electrons. The summed E-state index contributed by atoms with van der Waals surface area (Å²) in [5, 5.41) is 7.55. The molecule has 24 heavy (non-hydrogen) atoms. The molecule has 1 aromatic heterocycles. The molecule has 0 unspecified atom stereocenters. The lowest BCUT2D eigenvalue weighted by Crippen LogP contribution is -2.30. The molecule has 0 aliphatic rings. The molecule has 5 nitrogen and oxygen atoms in total. The van der Waals surface area contributed by atoms with Gasteiger partial charge in [-0.05, 0) is 48.1 Å². The van der Waals surface area contributed by atoms with Gasteiger partial charge in [-0.3, -0.25) is 4.79 Å². The molecule has 0 bridgehead atoms. The van der Waals surface area contributed by atoms with Crippen molar-refractivity contribution in [3.05, 3.63) is 51.7 Å². The van der Waals surface area contributed by atoms with Crippen molar-refractivity contribution in [1.29, 1.82) is 0 Å². The van der Waals surface area contributed by atoms with Crippen molar-refractivity contribution in [3.8, 4) is 0 Å². The summed E-state index contributed by atoms with van der Waals surface area (Å²) in [5.74, 6) is 0.00971. The van der Waals surface area contributed by atoms with Gasteiger partial charge in [-0.15, -0.1) is 11.3 Å². The molecular formula is C18H23N3O2S. The van der Waals surface area contributed by atoms with Crippen molar-refractivity contribution in [2.45, 2.75) is 26.3 Å². The predicted octanol–water partition coefficient (Wildman–Crippen LogP) is 3.40. The highest BCUT2D eigenvalue weighted by Gasteiger charge is 2.11. The molecule has 0 fully saturated rings. The van der Waals surface area contributed by atoms with E-state index in [9.17, 15) is 9.59 Å². The van der Waals surface area contributed by atoms with Crippen LogP contribution in [0.2, 0.25) is 0 Å². The van der Waals surface area contributed by atoms with Gasteiger partial charge in [0.25, 0.3) is 0 Å². The number of anilines is 1. The molecule has 0 aliphatic carbocycles. The number of aryl methyl sites for hydroxylation is 2. The Bertz CT molecular complexity index is 712. The Hall–Kier alpha value is -2.34. The Morgan fingerprint density at radius 2 is 2.04 bits per heavy atom. The number of carbonyl (C=O) groups excluding carboxylic acids is 2. The molecule has 0 saturated carbocycles. The molecule has 1 aromatic carbocycles. The topological polar surface area (TPSA) is 61.4 Å². The van der Waals surface area contributed by atoms with Crippen molar-refractivity contribution >= 4 is 29.0 Å². The maximum atomic E-state index is 12.3. The number of urea groups is 1. The number of rotatable bonds is 6. The van der Waals surface area contributed by atoms with Gasteiger partial charge < -0.3 is 15.5 Å². The Morgan fingerprint density at radius 1 is 1.25 bits per heavy atom. The molecule has 6 heteroatoms. The molecule has 3 amide bonds. The third kappa shape index (κ3) is 5.09. The van der Waals surface area contributed by atoms with Crippen LogP contribution in [-0.4, -0.2) is 30.9 Å². The minimum atomic E-state index is -0.147. The maximum Gasteiger partial charge on any atom is 0.321 e. The standard InChI is InChI=1S/C18H23N3O2S/c1-13-9-10-24-16(13)12-21(3)18(23)20-15-6-4-5-14(11-15)7-8-17(22)19-2/h4-6,9-11H,7-8,12H2,1-3H3,(H,19,22)(H,20,23). The number of benzene rings is 1. The van der Waals surface area contributed by atoms with E-state index in [1.54, 1.807) is 30.3 Å². The highest BCUT2D eigenvalue weighted by Crippen LogP contribution is 2.18. The maximum absolute atomic E-state index is 12.3. The fourth-order valence-corrected chi connectivity index (χ4v) is 3.22. The number of hydrogen-bond donors (Lipinski definition) is 2. The molecule has 1 heterocycles. The van der Waals surface area contributed by atoms with Crippen molar-refractivity contribution in [1.82, 2.24) is 10.2 Å². The zero-order valence-corrected chi connectivity index (χ0v) is 15.1. The second-order valence-corrected chi connectivity index (χ2v) is 6.69. The van der Waals surface area contributed by atoms with Crippen LogP contribution < -0.4 is 10.6 Å². The van der Waals surface area contributed by atoms with Gasteiger partial charge in [-0.2, -0.15) is 0 Å². The van der Waals surface area contributed by atoms with Gasteiger partial charge in [0, 0.05) is 31.1 Å². The summed E-state index contributed by atoms with van der Waals surface area (Å²) in [5.41, 5.74) is 2.97. The summed E-state index contributed by atoms with van der Waals surface area (Å²) < 4.78 is 0. The van der Waals surface area contributed by atoms with Gasteiger partial charge in [0.2, 0.25) is 5.91 Å². The van der Waals surface area contributed by atoms with E-state index in [-0.39, 0.29) is 11.9 Å². The number of carbonyl (C=O) groups is 2. The van der Waals surface area contributed by atoms with E-state index in [0.717, 1.165) is 11.3 Å². The first-order chi connectivity index (χ1) is 11.5. The minimum absolute atomic E-state index is 0.00971. The average molecular weight is 345 g/mol. The van der Waals surface area contributed by atoms with E-state index >= 15 is 0 Å². The van der Waals surface area contributed by atoms with Gasteiger partial charge >= 0.3 is 6.03 Å². The second-order valence-electron chi connectivity index (χ2n) is 5.69. The summed E-state index contributed by atoms with van der Waals surface area (Å²) in [6.45, 7) is 2.64. The third-order valence-corrected chi connectivity index (χ3v) is 4.80. The zero-order valence-electron chi connectivity index (χ0n) is 14.3. The molecular weight excluding hydrogens is 322 g/mol. The van der Waals surface area contributed by atoms with Crippen molar-refractivity contribution in [2.24, 2.45) is 0 Å². The molecule has 2 rings (SSSR count). The molecule has 2 N–H and O–H groups in total. The fourth-order valence-electron chi connectivity index (χ4n) is 2.26. The van der Waals surface area contributed by atoms with E-state index in [2.05, 4.69) is 16.7 Å². The molecule has 0 aliphatic heterocycles. The summed E-state index contributed by atoms with van der Waals surface area (Å²) in [7, 11) is 3.41. The van der Waals surface area contributed by atoms with E-state index in [4.69, 9.17) is 0 Å². The lowest BCUT2D eigenvalue weighted by Gasteiger charge is -2.18. The van der Waals surface area contributed by atoms with Crippen LogP contribution in [-0.2, 0) is 17.8 Å². The number of nitrogens with one attached hydrogen (secondary N) is 2. The van der Waals surface area contributed by atoms with Gasteiger partial charge in [-0.25, -0.2) is 4.79 Å². The van der Waals surface area contributed by atoms with E-state index in [0.29, 0.717) is 19.4 Å². The number of thiophene rings is 1. The first-order valence-corrected chi connectivity index (χ1v) is 8.72. The first-order valence-electron chi connectivity index (χ1n) is 7.84. The summed E-state index contributed by atoms with van der Waals surface area (Å²) in [6, 6.07) is 9.51. The predicted molar refractivity (Wildman–Crippen MR) is 98.4 cm³/mol. The van der Waals surface area contributed by atoms with Crippen LogP contribution in [0.1, 0.15) is 22.4 Å². The summed E-state index contributed by atoms with van der Waals surface area (Å²) in [4.78, 5) is 26.5. The second kappa shape index (κ2) is 8.49. The monoisotopic (exact) mass is 345 g/mol. The lowest BCUT2D eigenvalue weighted by atomic mass is 10.1. The highest BCUT2D eigenvalue weighted by atomic mass is 32.1. The Balaban J connectivity index is 1.93. The van der Waals surface area contributed by atoms with Gasteiger partial charge in [-0.1, -0.05) is 12.1 Å². The SMILES string of the molecule is CNC(=O)CCc1cccc(NC(=O)N(C)Cc2sccc2C)c1. The largest absolute Gasteiger partial charge is 0.359 e. The third-order valence-electron chi connectivity index (χ3n) is 3.79. The molecule has 0 atom stereocenters. The Morgan fingerprint density at radius 3 is 2.71 bits per heavy atom. The van der Waals surface area contributed by atoms with Crippen LogP contribution in [0.3, 0.4) is 0 Å². The van der Waals surface area contributed by atoms with Crippen molar-refractivity contribution < 1.29 is 9.59 Å².